The first-order valence-electron chi connectivity index (χ1n) is 11.5. The summed E-state index contributed by atoms with van der Waals surface area (Å²) in [6.45, 7) is 5.77. The lowest BCUT2D eigenvalue weighted by Gasteiger charge is -2.46. The van der Waals surface area contributed by atoms with Gasteiger partial charge >= 0.3 is 5.97 Å². The van der Waals surface area contributed by atoms with Gasteiger partial charge < -0.3 is 14.7 Å². The van der Waals surface area contributed by atoms with Gasteiger partial charge in [0.1, 0.15) is 0 Å². The molecule has 4 rings (SSSR count). The molecule has 2 saturated carbocycles. The zero-order valence-corrected chi connectivity index (χ0v) is 18.2. The van der Waals surface area contributed by atoms with E-state index < -0.39 is 11.4 Å². The number of methoxy groups -OCH3 is 1. The number of carbonyl (C=O) groups is 1. The highest BCUT2D eigenvalue weighted by Gasteiger charge is 2.47. The Hall–Kier alpha value is -1.39. The molecule has 1 saturated heterocycles. The molecule has 2 atom stereocenters. The first-order valence-corrected chi connectivity index (χ1v) is 11.5. The maximum absolute atomic E-state index is 11.7. The Kier molecular flexibility index (Phi) is 6.04. The molecule has 160 valence electrons. The summed E-state index contributed by atoms with van der Waals surface area (Å²) in [6.07, 6.45) is 8.91. The second-order valence-corrected chi connectivity index (χ2v) is 10.2. The lowest BCUT2D eigenvalue weighted by molar-refractivity contribution is -0.157. The van der Waals surface area contributed by atoms with Crippen molar-refractivity contribution in [2.75, 3.05) is 33.4 Å². The fourth-order valence-electron chi connectivity index (χ4n) is 5.71. The summed E-state index contributed by atoms with van der Waals surface area (Å²) in [5, 5.41) is 9.64. The third-order valence-corrected chi connectivity index (χ3v) is 8.13. The molecule has 4 nitrogen and oxygen atoms in total. The largest absolute Gasteiger partial charge is 0.481 e. The molecule has 0 aromatic heterocycles. The van der Waals surface area contributed by atoms with E-state index in [2.05, 4.69) is 36.1 Å². The van der Waals surface area contributed by atoms with E-state index in [0.29, 0.717) is 0 Å². The normalized spacial score (nSPS) is 27.9. The summed E-state index contributed by atoms with van der Waals surface area (Å²) in [6, 6.07) is 9.09. The minimum atomic E-state index is -0.589. The van der Waals surface area contributed by atoms with Crippen molar-refractivity contribution < 1.29 is 14.6 Å². The number of hydrogen-bond donors (Lipinski definition) is 1. The molecule has 0 radical (unpaired) electrons. The summed E-state index contributed by atoms with van der Waals surface area (Å²) in [5.74, 6) is 0.993. The number of carboxylic acids is 1. The quantitative estimate of drug-likeness (QED) is 0.644. The number of aliphatic carboxylic acids is 1. The minimum Gasteiger partial charge on any atom is -0.481 e. The summed E-state index contributed by atoms with van der Waals surface area (Å²) < 4.78 is 5.66. The summed E-state index contributed by atoms with van der Waals surface area (Å²) in [4.78, 5) is 14.1. The van der Waals surface area contributed by atoms with Crippen LogP contribution in [0.2, 0.25) is 0 Å². The SMILES string of the molecule is COCC1(CCC2CC2c2ccc(C)cc2)CCN(CC2(C(=O)O)CCC2)CC1. The van der Waals surface area contributed by atoms with E-state index in [1.54, 1.807) is 0 Å². The maximum atomic E-state index is 11.7. The molecule has 0 bridgehead atoms. The van der Waals surface area contributed by atoms with Crippen LogP contribution in [0.15, 0.2) is 24.3 Å². The average molecular weight is 400 g/mol. The molecule has 3 aliphatic rings. The van der Waals surface area contributed by atoms with Crippen molar-refractivity contribution in [3.63, 3.8) is 0 Å². The van der Waals surface area contributed by atoms with Gasteiger partial charge in [-0.25, -0.2) is 0 Å². The number of hydrogen-bond acceptors (Lipinski definition) is 3. The molecule has 1 heterocycles. The van der Waals surface area contributed by atoms with Crippen molar-refractivity contribution in [2.45, 2.75) is 64.2 Å². The predicted molar refractivity (Wildman–Crippen MR) is 115 cm³/mol. The second kappa shape index (κ2) is 8.39. The molecule has 4 heteroatoms. The third kappa shape index (κ3) is 4.54. The van der Waals surface area contributed by atoms with Gasteiger partial charge in [-0.2, -0.15) is 0 Å². The Labute approximate surface area is 175 Å². The molecule has 1 aromatic carbocycles. The first-order chi connectivity index (χ1) is 14.0. The van der Waals surface area contributed by atoms with Crippen LogP contribution in [0.1, 0.15) is 68.4 Å². The highest BCUT2D eigenvalue weighted by molar-refractivity contribution is 5.76. The number of benzene rings is 1. The van der Waals surface area contributed by atoms with Crippen molar-refractivity contribution in [3.05, 3.63) is 35.4 Å². The van der Waals surface area contributed by atoms with Gasteiger partial charge in [0.2, 0.25) is 0 Å². The number of piperidine rings is 1. The van der Waals surface area contributed by atoms with E-state index in [-0.39, 0.29) is 5.41 Å². The number of likely N-dealkylation sites (tertiary alicyclic amines) is 1. The molecule has 2 aliphatic carbocycles. The van der Waals surface area contributed by atoms with E-state index in [0.717, 1.165) is 70.2 Å². The van der Waals surface area contributed by atoms with Crippen molar-refractivity contribution in [1.29, 1.82) is 0 Å². The van der Waals surface area contributed by atoms with Crippen molar-refractivity contribution in [3.8, 4) is 0 Å². The molecule has 2 unspecified atom stereocenters. The van der Waals surface area contributed by atoms with Crippen LogP contribution in [0.5, 0.6) is 0 Å². The number of carboxylic acid groups (broad SMARTS) is 1. The number of aryl methyl sites for hydroxylation is 1. The van der Waals surface area contributed by atoms with Gasteiger partial charge in [0.15, 0.2) is 0 Å². The topological polar surface area (TPSA) is 49.8 Å². The Balaban J connectivity index is 1.28. The summed E-state index contributed by atoms with van der Waals surface area (Å²) in [7, 11) is 1.83. The Morgan fingerprint density at radius 1 is 1.17 bits per heavy atom. The van der Waals surface area contributed by atoms with Crippen LogP contribution in [0.4, 0.5) is 0 Å². The maximum Gasteiger partial charge on any atom is 0.310 e. The summed E-state index contributed by atoms with van der Waals surface area (Å²) in [5.41, 5.74) is 2.66. The minimum absolute atomic E-state index is 0.279. The summed E-state index contributed by atoms with van der Waals surface area (Å²) >= 11 is 0. The Bertz CT molecular complexity index is 701. The van der Waals surface area contributed by atoms with E-state index in [1.165, 1.54) is 30.4 Å². The number of rotatable bonds is 9. The zero-order valence-electron chi connectivity index (χ0n) is 18.2. The molecule has 3 fully saturated rings. The van der Waals surface area contributed by atoms with E-state index in [1.807, 2.05) is 7.11 Å². The van der Waals surface area contributed by atoms with Crippen LogP contribution >= 0.6 is 0 Å². The Morgan fingerprint density at radius 3 is 2.41 bits per heavy atom. The smallest absolute Gasteiger partial charge is 0.310 e. The van der Waals surface area contributed by atoms with Gasteiger partial charge in [0.25, 0.3) is 0 Å². The van der Waals surface area contributed by atoms with Crippen LogP contribution in [-0.4, -0.2) is 49.3 Å². The monoisotopic (exact) mass is 399 g/mol. The van der Waals surface area contributed by atoms with Gasteiger partial charge in [-0.15, -0.1) is 0 Å². The number of nitrogens with zero attached hydrogens (tertiary/aromatic N) is 1. The second-order valence-electron chi connectivity index (χ2n) is 10.2. The number of ether oxygens (including phenoxy) is 1. The fraction of sp³-hybridized carbons (Fsp3) is 0.720. The van der Waals surface area contributed by atoms with Gasteiger partial charge in [-0.3, -0.25) is 4.79 Å². The zero-order chi connectivity index (χ0) is 20.5. The van der Waals surface area contributed by atoms with Crippen LogP contribution in [0.3, 0.4) is 0 Å². The average Bonchev–Trinajstić information content (AvgIpc) is 3.45. The lowest BCUT2D eigenvalue weighted by Crippen LogP contribution is -2.51. The predicted octanol–water partition coefficient (Wildman–Crippen LogP) is 4.86. The van der Waals surface area contributed by atoms with Gasteiger partial charge in [0, 0.05) is 13.7 Å². The molecular formula is C25H37NO3. The van der Waals surface area contributed by atoms with Crippen molar-refractivity contribution >= 4 is 5.97 Å². The Morgan fingerprint density at radius 2 is 1.86 bits per heavy atom. The standard InChI is InChI=1S/C25H37NO3/c1-19-4-6-20(7-5-19)22-16-21(22)8-11-24(18-29-2)12-14-26(15-13-24)17-25(23(27)28)9-3-10-25/h4-7,21-22H,3,8-18H2,1-2H3,(H,27,28). The van der Waals surface area contributed by atoms with Crippen LogP contribution in [0.25, 0.3) is 0 Å². The van der Waals surface area contributed by atoms with E-state index in [9.17, 15) is 9.90 Å². The fourth-order valence-corrected chi connectivity index (χ4v) is 5.71. The lowest BCUT2D eigenvalue weighted by atomic mass is 9.67. The molecule has 0 spiro atoms. The van der Waals surface area contributed by atoms with Crippen LogP contribution in [-0.2, 0) is 9.53 Å². The van der Waals surface area contributed by atoms with Crippen molar-refractivity contribution in [1.82, 2.24) is 4.90 Å². The van der Waals surface area contributed by atoms with Crippen LogP contribution < -0.4 is 0 Å². The van der Waals surface area contributed by atoms with Gasteiger partial charge in [0.05, 0.1) is 12.0 Å². The highest BCUT2D eigenvalue weighted by atomic mass is 16.5. The van der Waals surface area contributed by atoms with Gasteiger partial charge in [-0.1, -0.05) is 36.2 Å². The van der Waals surface area contributed by atoms with Crippen molar-refractivity contribution in [2.24, 2.45) is 16.7 Å². The molecular weight excluding hydrogens is 362 g/mol. The molecule has 1 aromatic rings. The van der Waals surface area contributed by atoms with E-state index >= 15 is 0 Å². The van der Waals surface area contributed by atoms with Gasteiger partial charge in [-0.05, 0) is 87.8 Å². The molecule has 1 N–H and O–H groups in total. The third-order valence-electron chi connectivity index (χ3n) is 8.13. The van der Waals surface area contributed by atoms with Crippen LogP contribution in [0, 0.1) is 23.7 Å². The highest BCUT2D eigenvalue weighted by Crippen LogP contribution is 2.52. The first kappa shape index (κ1) is 20.9. The molecule has 29 heavy (non-hydrogen) atoms. The molecule has 0 amide bonds. The molecule has 1 aliphatic heterocycles. The van der Waals surface area contributed by atoms with E-state index in [4.69, 9.17) is 4.74 Å².